The number of hydrogen-bond acceptors (Lipinski definition) is 3. The molecule has 0 aliphatic heterocycles. The van der Waals surface area contributed by atoms with Crippen LogP contribution in [0.3, 0.4) is 0 Å². The van der Waals surface area contributed by atoms with Gasteiger partial charge in [0.25, 0.3) is 0 Å². The highest BCUT2D eigenvalue weighted by Gasteiger charge is 2.20. The number of aliphatic hydroxyl groups excluding tert-OH is 1. The summed E-state index contributed by atoms with van der Waals surface area (Å²) >= 11 is 0. The first-order chi connectivity index (χ1) is 8.30. The summed E-state index contributed by atoms with van der Waals surface area (Å²) in [7, 11) is 1.67. The molecule has 0 spiro atoms. The van der Waals surface area contributed by atoms with E-state index in [0.29, 0.717) is 6.42 Å². The van der Waals surface area contributed by atoms with Gasteiger partial charge in [-0.2, -0.15) is 0 Å². The number of aliphatic carboxylic acids is 1. The molecule has 18 heavy (non-hydrogen) atoms. The summed E-state index contributed by atoms with van der Waals surface area (Å²) in [5, 5.41) is 18.3. The number of aliphatic hydroxyl groups is 1. The van der Waals surface area contributed by atoms with Gasteiger partial charge in [0.1, 0.15) is 0 Å². The molecule has 4 heteroatoms. The molecule has 0 aliphatic carbocycles. The summed E-state index contributed by atoms with van der Waals surface area (Å²) in [5.41, 5.74) is -0.239. The number of methoxy groups -OCH3 is 1. The first-order valence-electron chi connectivity index (χ1n) is 6.44. The van der Waals surface area contributed by atoms with Gasteiger partial charge in [-0.25, -0.2) is 0 Å². The molecule has 0 radical (unpaired) electrons. The van der Waals surface area contributed by atoms with Crippen LogP contribution in [-0.4, -0.2) is 35.0 Å². The van der Waals surface area contributed by atoms with E-state index >= 15 is 0 Å². The average molecular weight is 258 g/mol. The fraction of sp³-hybridized carbons (Fsp3) is 0.786. The fourth-order valence-corrected chi connectivity index (χ4v) is 1.47. The maximum absolute atomic E-state index is 10.6. The Balaban J connectivity index is 3.72. The molecule has 0 aliphatic rings. The molecule has 0 saturated heterocycles. The van der Waals surface area contributed by atoms with Crippen LogP contribution in [0.4, 0.5) is 0 Å². The fourth-order valence-electron chi connectivity index (χ4n) is 1.47. The Kier molecular flexibility index (Phi) is 7.87. The van der Waals surface area contributed by atoms with E-state index in [2.05, 4.69) is 6.08 Å². The van der Waals surface area contributed by atoms with E-state index in [-0.39, 0.29) is 5.60 Å². The van der Waals surface area contributed by atoms with Gasteiger partial charge in [0.15, 0.2) is 0 Å². The van der Waals surface area contributed by atoms with Crippen molar-refractivity contribution in [2.45, 2.75) is 58.2 Å². The van der Waals surface area contributed by atoms with E-state index in [1.165, 1.54) is 6.92 Å². The molecule has 0 amide bonds. The van der Waals surface area contributed by atoms with Crippen molar-refractivity contribution in [1.82, 2.24) is 0 Å². The Morgan fingerprint density at radius 2 is 2.00 bits per heavy atom. The zero-order chi connectivity index (χ0) is 14.2. The standard InChI is InChI=1S/C14H26O4/c1-11(13(16)17)12(15)9-7-5-6-8-10-14(2,3)18-4/h8,10-12,15H,5-7,9H2,1-4H3,(H,16,17)/b10-8+. The minimum atomic E-state index is -0.941. The lowest BCUT2D eigenvalue weighted by Crippen LogP contribution is -2.25. The molecule has 2 N–H and O–H groups in total. The molecule has 0 aromatic rings. The van der Waals surface area contributed by atoms with Gasteiger partial charge in [-0.15, -0.1) is 0 Å². The highest BCUT2D eigenvalue weighted by atomic mass is 16.5. The molecular weight excluding hydrogens is 232 g/mol. The Labute approximate surface area is 110 Å². The van der Waals surface area contributed by atoms with Gasteiger partial charge >= 0.3 is 5.97 Å². The van der Waals surface area contributed by atoms with Gasteiger partial charge in [0.2, 0.25) is 0 Å². The van der Waals surface area contributed by atoms with Crippen molar-refractivity contribution in [2.75, 3.05) is 7.11 Å². The Hall–Kier alpha value is -0.870. The van der Waals surface area contributed by atoms with Crippen LogP contribution in [0.1, 0.15) is 46.5 Å². The van der Waals surface area contributed by atoms with Crippen molar-refractivity contribution in [3.63, 3.8) is 0 Å². The summed E-state index contributed by atoms with van der Waals surface area (Å²) in [4.78, 5) is 10.6. The van der Waals surface area contributed by atoms with Gasteiger partial charge in [0.05, 0.1) is 17.6 Å². The zero-order valence-corrected chi connectivity index (χ0v) is 11.8. The van der Waals surface area contributed by atoms with Gasteiger partial charge in [0, 0.05) is 7.11 Å². The number of carbonyl (C=O) groups is 1. The van der Waals surface area contributed by atoms with Crippen LogP contribution in [0.2, 0.25) is 0 Å². The third-order valence-electron chi connectivity index (χ3n) is 3.13. The molecule has 0 heterocycles. The van der Waals surface area contributed by atoms with Gasteiger partial charge in [-0.3, -0.25) is 4.79 Å². The van der Waals surface area contributed by atoms with E-state index in [0.717, 1.165) is 19.3 Å². The zero-order valence-electron chi connectivity index (χ0n) is 11.8. The molecule has 0 aromatic carbocycles. The predicted molar refractivity (Wildman–Crippen MR) is 71.5 cm³/mol. The molecule has 0 saturated carbocycles. The van der Waals surface area contributed by atoms with Gasteiger partial charge in [-0.05, 0) is 40.0 Å². The maximum atomic E-state index is 10.6. The second-order valence-electron chi connectivity index (χ2n) is 5.19. The summed E-state index contributed by atoms with van der Waals surface area (Å²) in [6.45, 7) is 5.51. The number of unbranched alkanes of at least 4 members (excludes halogenated alkanes) is 2. The Bertz CT molecular complexity index is 271. The SMILES string of the molecule is COC(C)(C)/C=C/CCCCC(O)C(C)C(=O)O. The van der Waals surface area contributed by atoms with Crippen molar-refractivity contribution in [2.24, 2.45) is 5.92 Å². The van der Waals surface area contributed by atoms with Crippen LogP contribution in [0, 0.1) is 5.92 Å². The summed E-state index contributed by atoms with van der Waals surface area (Å²) in [6, 6.07) is 0. The van der Waals surface area contributed by atoms with E-state index in [4.69, 9.17) is 9.84 Å². The molecule has 4 nitrogen and oxygen atoms in total. The maximum Gasteiger partial charge on any atom is 0.308 e. The number of carboxylic acid groups (broad SMARTS) is 1. The molecule has 2 unspecified atom stereocenters. The molecule has 0 bridgehead atoms. The lowest BCUT2D eigenvalue weighted by atomic mass is 9.99. The van der Waals surface area contributed by atoms with E-state index < -0.39 is 18.0 Å². The number of allylic oxidation sites excluding steroid dienone is 1. The summed E-state index contributed by atoms with van der Waals surface area (Å²) in [5.74, 6) is -1.63. The number of ether oxygens (including phenoxy) is 1. The molecule has 0 aromatic heterocycles. The molecule has 0 rings (SSSR count). The average Bonchev–Trinajstić information content (AvgIpc) is 2.32. The minimum absolute atomic E-state index is 0.239. The Morgan fingerprint density at radius 1 is 1.39 bits per heavy atom. The Morgan fingerprint density at radius 3 is 2.50 bits per heavy atom. The van der Waals surface area contributed by atoms with Crippen LogP contribution < -0.4 is 0 Å². The highest BCUT2D eigenvalue weighted by molar-refractivity contribution is 5.70. The predicted octanol–water partition coefficient (Wildman–Crippen LogP) is 2.61. The van der Waals surface area contributed by atoms with Crippen LogP contribution >= 0.6 is 0 Å². The third kappa shape index (κ3) is 7.45. The second-order valence-corrected chi connectivity index (χ2v) is 5.19. The lowest BCUT2D eigenvalue weighted by molar-refractivity contribution is -0.144. The monoisotopic (exact) mass is 258 g/mol. The van der Waals surface area contributed by atoms with Crippen LogP contribution in [-0.2, 0) is 9.53 Å². The minimum Gasteiger partial charge on any atom is -0.481 e. The quantitative estimate of drug-likeness (QED) is 0.493. The van der Waals surface area contributed by atoms with Crippen LogP contribution in [0.25, 0.3) is 0 Å². The molecular formula is C14H26O4. The first-order valence-corrected chi connectivity index (χ1v) is 6.44. The van der Waals surface area contributed by atoms with Crippen molar-refractivity contribution < 1.29 is 19.7 Å². The lowest BCUT2D eigenvalue weighted by Gasteiger charge is -2.17. The third-order valence-corrected chi connectivity index (χ3v) is 3.13. The van der Waals surface area contributed by atoms with Crippen molar-refractivity contribution in [1.29, 1.82) is 0 Å². The van der Waals surface area contributed by atoms with Crippen molar-refractivity contribution in [3.05, 3.63) is 12.2 Å². The first kappa shape index (κ1) is 17.1. The van der Waals surface area contributed by atoms with Crippen LogP contribution in [0.5, 0.6) is 0 Å². The summed E-state index contributed by atoms with van der Waals surface area (Å²) in [6.07, 6.45) is 6.56. The van der Waals surface area contributed by atoms with Crippen molar-refractivity contribution >= 4 is 5.97 Å². The number of carboxylic acids is 1. The smallest absolute Gasteiger partial charge is 0.308 e. The summed E-state index contributed by atoms with van der Waals surface area (Å²) < 4.78 is 5.25. The van der Waals surface area contributed by atoms with Gasteiger partial charge < -0.3 is 14.9 Å². The number of rotatable bonds is 9. The molecule has 0 fully saturated rings. The largest absolute Gasteiger partial charge is 0.481 e. The van der Waals surface area contributed by atoms with E-state index in [1.807, 2.05) is 19.9 Å². The van der Waals surface area contributed by atoms with E-state index in [9.17, 15) is 9.90 Å². The van der Waals surface area contributed by atoms with Crippen molar-refractivity contribution in [3.8, 4) is 0 Å². The molecule has 106 valence electrons. The highest BCUT2D eigenvalue weighted by Crippen LogP contribution is 2.13. The topological polar surface area (TPSA) is 66.8 Å². The second kappa shape index (κ2) is 8.27. The van der Waals surface area contributed by atoms with Crippen LogP contribution in [0.15, 0.2) is 12.2 Å². The normalized spacial score (nSPS) is 15.8. The van der Waals surface area contributed by atoms with E-state index in [1.54, 1.807) is 7.11 Å². The van der Waals surface area contributed by atoms with Gasteiger partial charge in [-0.1, -0.05) is 18.6 Å². The number of hydrogen-bond donors (Lipinski definition) is 2. The molecule has 2 atom stereocenters.